The fourth-order valence-electron chi connectivity index (χ4n) is 2.91. The number of hydrogen-bond acceptors (Lipinski definition) is 6. The highest BCUT2D eigenvalue weighted by atomic mass is 32.2. The molecule has 0 N–H and O–H groups in total. The fraction of sp³-hybridized carbons (Fsp3) is 0.190. The Labute approximate surface area is 171 Å². The van der Waals surface area contributed by atoms with Gasteiger partial charge in [-0.25, -0.2) is 9.97 Å². The molecular weight excluding hydrogens is 390 g/mol. The van der Waals surface area contributed by atoms with E-state index in [0.29, 0.717) is 17.7 Å². The topological polar surface area (TPSA) is 57.0 Å². The van der Waals surface area contributed by atoms with Gasteiger partial charge in [-0.1, -0.05) is 23.9 Å². The maximum absolute atomic E-state index is 12.7. The number of nitrogens with zero attached hydrogens (tertiary/aromatic N) is 3. The first-order chi connectivity index (χ1) is 13.7. The molecular formula is C21H19N3O2S2. The Morgan fingerprint density at radius 3 is 2.64 bits per heavy atom. The zero-order chi connectivity index (χ0) is 19.5. The van der Waals surface area contributed by atoms with Crippen LogP contribution in [0.1, 0.15) is 12.6 Å². The molecule has 0 aliphatic rings. The van der Waals surface area contributed by atoms with Crippen molar-refractivity contribution in [2.75, 3.05) is 7.11 Å². The molecule has 2 heterocycles. The van der Waals surface area contributed by atoms with Crippen LogP contribution in [0.15, 0.2) is 63.9 Å². The number of hydrogen-bond donors (Lipinski definition) is 0. The van der Waals surface area contributed by atoms with E-state index < -0.39 is 0 Å². The summed E-state index contributed by atoms with van der Waals surface area (Å²) in [7, 11) is 1.66. The summed E-state index contributed by atoms with van der Waals surface area (Å²) >= 11 is 3.16. The van der Waals surface area contributed by atoms with Gasteiger partial charge in [0.15, 0.2) is 5.16 Å². The van der Waals surface area contributed by atoms with Crippen LogP contribution in [0.5, 0.6) is 5.75 Å². The first-order valence-electron chi connectivity index (χ1n) is 8.91. The molecule has 28 heavy (non-hydrogen) atoms. The smallest absolute Gasteiger partial charge is 0.262 e. The van der Waals surface area contributed by atoms with Gasteiger partial charge in [-0.3, -0.25) is 9.36 Å². The lowest BCUT2D eigenvalue weighted by Gasteiger charge is -2.10. The molecule has 0 aliphatic heterocycles. The number of thiazole rings is 1. The molecule has 2 aromatic heterocycles. The summed E-state index contributed by atoms with van der Waals surface area (Å²) in [4.78, 5) is 22.1. The summed E-state index contributed by atoms with van der Waals surface area (Å²) in [6.45, 7) is 2.56. The Bertz CT molecular complexity index is 1170. The van der Waals surface area contributed by atoms with E-state index in [-0.39, 0.29) is 5.56 Å². The highest BCUT2D eigenvalue weighted by Crippen LogP contribution is 2.28. The lowest BCUT2D eigenvalue weighted by molar-refractivity contribution is 0.415. The third-order valence-electron chi connectivity index (χ3n) is 4.38. The van der Waals surface area contributed by atoms with Crippen LogP contribution in [-0.4, -0.2) is 21.6 Å². The number of rotatable bonds is 6. The van der Waals surface area contributed by atoms with E-state index in [1.54, 1.807) is 34.8 Å². The van der Waals surface area contributed by atoms with Crippen LogP contribution >= 0.6 is 23.1 Å². The summed E-state index contributed by atoms with van der Waals surface area (Å²) in [5.74, 6) is 1.49. The maximum atomic E-state index is 12.7. The van der Waals surface area contributed by atoms with Gasteiger partial charge in [-0.05, 0) is 43.3 Å². The molecule has 4 rings (SSSR count). The highest BCUT2D eigenvalue weighted by Gasteiger charge is 2.12. The lowest BCUT2D eigenvalue weighted by Crippen LogP contribution is -2.22. The van der Waals surface area contributed by atoms with Crippen LogP contribution < -0.4 is 10.3 Å². The lowest BCUT2D eigenvalue weighted by atomic mass is 10.2. The quantitative estimate of drug-likeness (QED) is 0.337. The SMILES string of the molecule is CCn1c(SCc2csc(-c3ccc(OC)cc3)n2)nc2ccccc2c1=O. The zero-order valence-electron chi connectivity index (χ0n) is 15.6. The van der Waals surface area contributed by atoms with E-state index in [1.165, 1.54) is 0 Å². The van der Waals surface area contributed by atoms with Crippen molar-refractivity contribution in [2.45, 2.75) is 24.4 Å². The van der Waals surface area contributed by atoms with E-state index in [0.717, 1.165) is 32.7 Å². The average Bonchev–Trinajstić information content (AvgIpc) is 3.21. The fourth-order valence-corrected chi connectivity index (χ4v) is 4.80. The summed E-state index contributed by atoms with van der Waals surface area (Å²) in [6.07, 6.45) is 0. The molecule has 4 aromatic rings. The molecule has 0 fully saturated rings. The largest absolute Gasteiger partial charge is 0.497 e. The van der Waals surface area contributed by atoms with Crippen LogP contribution in [-0.2, 0) is 12.3 Å². The van der Waals surface area contributed by atoms with Crippen molar-refractivity contribution in [3.8, 4) is 16.3 Å². The second kappa shape index (κ2) is 8.16. The Morgan fingerprint density at radius 2 is 1.89 bits per heavy atom. The molecule has 0 saturated heterocycles. The standard InChI is InChI=1S/C21H19N3O2S2/c1-3-24-20(25)17-6-4-5-7-18(17)23-21(24)28-13-15-12-27-19(22-15)14-8-10-16(26-2)11-9-14/h4-12H,3,13H2,1-2H3. The number of fused-ring (bicyclic) bond motifs is 1. The zero-order valence-corrected chi connectivity index (χ0v) is 17.2. The van der Waals surface area contributed by atoms with Crippen molar-refractivity contribution >= 4 is 34.0 Å². The number of ether oxygens (including phenoxy) is 1. The number of aromatic nitrogens is 3. The minimum atomic E-state index is 0.00722. The van der Waals surface area contributed by atoms with Gasteiger partial charge in [0.05, 0.1) is 23.7 Å². The van der Waals surface area contributed by atoms with Crippen molar-refractivity contribution in [1.82, 2.24) is 14.5 Å². The molecule has 0 radical (unpaired) electrons. The summed E-state index contributed by atoms with van der Waals surface area (Å²) in [5, 5.41) is 4.41. The predicted octanol–water partition coefficient (Wildman–Crippen LogP) is 4.84. The van der Waals surface area contributed by atoms with Gasteiger partial charge in [0.25, 0.3) is 5.56 Å². The van der Waals surface area contributed by atoms with Crippen LogP contribution in [0.4, 0.5) is 0 Å². The third kappa shape index (κ3) is 3.68. The second-order valence-electron chi connectivity index (χ2n) is 6.12. The molecule has 0 bridgehead atoms. The molecule has 0 saturated carbocycles. The van der Waals surface area contributed by atoms with E-state index in [1.807, 2.05) is 55.5 Å². The number of para-hydroxylation sites is 1. The van der Waals surface area contributed by atoms with Gasteiger partial charge in [-0.2, -0.15) is 0 Å². The van der Waals surface area contributed by atoms with Gasteiger partial charge in [-0.15, -0.1) is 11.3 Å². The van der Waals surface area contributed by atoms with Crippen LogP contribution in [0.25, 0.3) is 21.5 Å². The predicted molar refractivity (Wildman–Crippen MR) is 115 cm³/mol. The third-order valence-corrected chi connectivity index (χ3v) is 6.33. The molecule has 0 unspecified atom stereocenters. The molecule has 2 aromatic carbocycles. The molecule has 0 spiro atoms. The monoisotopic (exact) mass is 409 g/mol. The van der Waals surface area contributed by atoms with Crippen molar-refractivity contribution in [1.29, 1.82) is 0 Å². The summed E-state index contributed by atoms with van der Waals surface area (Å²) in [6, 6.07) is 15.4. The first kappa shape index (κ1) is 18.7. The van der Waals surface area contributed by atoms with E-state index >= 15 is 0 Å². The van der Waals surface area contributed by atoms with Crippen LogP contribution in [0.2, 0.25) is 0 Å². The van der Waals surface area contributed by atoms with E-state index in [4.69, 9.17) is 14.7 Å². The van der Waals surface area contributed by atoms with E-state index in [2.05, 4.69) is 5.38 Å². The van der Waals surface area contributed by atoms with Crippen molar-refractivity contribution < 1.29 is 4.74 Å². The van der Waals surface area contributed by atoms with Gasteiger partial charge in [0.2, 0.25) is 0 Å². The first-order valence-corrected chi connectivity index (χ1v) is 10.8. The van der Waals surface area contributed by atoms with Crippen molar-refractivity contribution in [3.63, 3.8) is 0 Å². The highest BCUT2D eigenvalue weighted by molar-refractivity contribution is 7.98. The normalized spacial score (nSPS) is 11.1. The Hall–Kier alpha value is -2.64. The van der Waals surface area contributed by atoms with Gasteiger partial charge >= 0.3 is 0 Å². The average molecular weight is 410 g/mol. The molecule has 5 nitrogen and oxygen atoms in total. The molecule has 7 heteroatoms. The minimum absolute atomic E-state index is 0.00722. The molecule has 142 valence electrons. The second-order valence-corrected chi connectivity index (χ2v) is 7.92. The minimum Gasteiger partial charge on any atom is -0.497 e. The van der Waals surface area contributed by atoms with Gasteiger partial charge in [0.1, 0.15) is 10.8 Å². The Kier molecular flexibility index (Phi) is 5.45. The summed E-state index contributed by atoms with van der Waals surface area (Å²) in [5.41, 5.74) is 2.78. The van der Waals surface area contributed by atoms with Crippen LogP contribution in [0, 0.1) is 0 Å². The number of methoxy groups -OCH3 is 1. The van der Waals surface area contributed by atoms with Crippen molar-refractivity contribution in [3.05, 3.63) is 70.0 Å². The summed E-state index contributed by atoms with van der Waals surface area (Å²) < 4.78 is 6.93. The number of benzene rings is 2. The molecule has 0 atom stereocenters. The number of thioether (sulfide) groups is 1. The molecule has 0 aliphatic carbocycles. The van der Waals surface area contributed by atoms with Crippen LogP contribution in [0.3, 0.4) is 0 Å². The van der Waals surface area contributed by atoms with E-state index in [9.17, 15) is 4.79 Å². The molecule has 0 amide bonds. The van der Waals surface area contributed by atoms with Crippen molar-refractivity contribution in [2.24, 2.45) is 0 Å². The Morgan fingerprint density at radius 1 is 1.11 bits per heavy atom. The Balaban J connectivity index is 1.56. The maximum Gasteiger partial charge on any atom is 0.262 e. The van der Waals surface area contributed by atoms with Gasteiger partial charge in [0, 0.05) is 23.2 Å². The van der Waals surface area contributed by atoms with Gasteiger partial charge < -0.3 is 4.74 Å².